The van der Waals surface area contributed by atoms with Gasteiger partial charge in [-0.3, -0.25) is 0 Å². The third-order valence-electron chi connectivity index (χ3n) is 6.42. The Morgan fingerprint density at radius 3 is 1.94 bits per heavy atom. The first kappa shape index (κ1) is 25.9. The Balaban J connectivity index is 2.12. The van der Waals surface area contributed by atoms with Crippen LogP contribution in [0.3, 0.4) is 0 Å². The number of ether oxygens (including phenoxy) is 4. The first-order valence-electron chi connectivity index (χ1n) is 11.5. The number of hydrogen-bond acceptors (Lipinski definition) is 7. The molecule has 1 aliphatic heterocycles. The summed E-state index contributed by atoms with van der Waals surface area (Å²) in [5.74, 6) is -0.638. The minimum absolute atomic E-state index is 0.377. The number of rotatable bonds is 9. The molecule has 0 unspecified atom stereocenters. The van der Waals surface area contributed by atoms with Gasteiger partial charge in [-0.2, -0.15) is 0 Å². The van der Waals surface area contributed by atoms with Gasteiger partial charge < -0.3 is 23.8 Å². The van der Waals surface area contributed by atoms with Crippen molar-refractivity contribution in [3.8, 4) is 11.5 Å². The summed E-state index contributed by atoms with van der Waals surface area (Å²) in [5.41, 5.74) is 4.10. The number of carbonyl (C=O) groups is 2. The SMILES string of the molecule is COC(=O)C1=C(C)N(CCCc2ccccc2)C(C)=C(C(=O)OC)C1c1ccc(OC)cc1OC. The molecule has 0 fully saturated rings. The monoisotopic (exact) mass is 479 g/mol. The van der Waals surface area contributed by atoms with Crippen LogP contribution in [0.2, 0.25) is 0 Å². The molecule has 0 saturated heterocycles. The summed E-state index contributed by atoms with van der Waals surface area (Å²) in [5, 5.41) is 0. The first-order valence-corrected chi connectivity index (χ1v) is 11.5. The summed E-state index contributed by atoms with van der Waals surface area (Å²) >= 11 is 0. The Kier molecular flexibility index (Phi) is 8.58. The van der Waals surface area contributed by atoms with Crippen molar-refractivity contribution < 1.29 is 28.5 Å². The standard InChI is InChI=1S/C28H33NO6/c1-18-24(27(30)34-5)26(22-15-14-21(32-3)17-23(22)33-4)25(28(31)35-6)19(2)29(18)16-10-13-20-11-8-7-9-12-20/h7-9,11-12,14-15,17,26H,10,13,16H2,1-6H3. The summed E-state index contributed by atoms with van der Waals surface area (Å²) in [6.45, 7) is 4.39. The molecule has 1 aliphatic rings. The van der Waals surface area contributed by atoms with Gasteiger partial charge in [-0.15, -0.1) is 0 Å². The normalized spacial score (nSPS) is 14.2. The van der Waals surface area contributed by atoms with Crippen LogP contribution in [0, 0.1) is 0 Å². The lowest BCUT2D eigenvalue weighted by atomic mass is 9.79. The van der Waals surface area contributed by atoms with Crippen LogP contribution in [0.25, 0.3) is 0 Å². The lowest BCUT2D eigenvalue weighted by molar-refractivity contribution is -0.137. The van der Waals surface area contributed by atoms with Crippen LogP contribution in [0.15, 0.2) is 71.1 Å². The van der Waals surface area contributed by atoms with E-state index < -0.39 is 17.9 Å². The van der Waals surface area contributed by atoms with Crippen LogP contribution in [-0.4, -0.2) is 51.8 Å². The fourth-order valence-electron chi connectivity index (χ4n) is 4.64. The summed E-state index contributed by atoms with van der Waals surface area (Å²) < 4.78 is 21.3. The molecule has 0 amide bonds. The van der Waals surface area contributed by atoms with Crippen LogP contribution in [0.1, 0.15) is 37.3 Å². The number of methoxy groups -OCH3 is 4. The second-order valence-electron chi connectivity index (χ2n) is 8.26. The van der Waals surface area contributed by atoms with E-state index in [1.807, 2.05) is 36.9 Å². The third kappa shape index (κ3) is 5.34. The molecule has 0 bridgehead atoms. The van der Waals surface area contributed by atoms with Crippen molar-refractivity contribution >= 4 is 11.9 Å². The quantitative estimate of drug-likeness (QED) is 0.486. The number of esters is 2. The number of aryl methyl sites for hydroxylation is 1. The molecule has 2 aromatic carbocycles. The smallest absolute Gasteiger partial charge is 0.336 e. The predicted octanol–water partition coefficient (Wildman–Crippen LogP) is 4.63. The van der Waals surface area contributed by atoms with Gasteiger partial charge in [-0.25, -0.2) is 9.59 Å². The van der Waals surface area contributed by atoms with Crippen molar-refractivity contribution in [2.45, 2.75) is 32.6 Å². The predicted molar refractivity (Wildman–Crippen MR) is 133 cm³/mol. The number of benzene rings is 2. The average molecular weight is 480 g/mol. The zero-order chi connectivity index (χ0) is 25.5. The lowest BCUT2D eigenvalue weighted by Gasteiger charge is -2.38. The summed E-state index contributed by atoms with van der Waals surface area (Å²) in [4.78, 5) is 28.3. The van der Waals surface area contributed by atoms with Gasteiger partial charge in [-0.05, 0) is 38.3 Å². The minimum atomic E-state index is -0.721. The van der Waals surface area contributed by atoms with E-state index in [4.69, 9.17) is 18.9 Å². The maximum Gasteiger partial charge on any atom is 0.336 e. The fourth-order valence-corrected chi connectivity index (χ4v) is 4.64. The zero-order valence-electron chi connectivity index (χ0n) is 21.2. The third-order valence-corrected chi connectivity index (χ3v) is 6.42. The van der Waals surface area contributed by atoms with Gasteiger partial charge in [0, 0.05) is 29.6 Å². The Labute approximate surface area is 206 Å². The van der Waals surface area contributed by atoms with Gasteiger partial charge >= 0.3 is 11.9 Å². The van der Waals surface area contributed by atoms with E-state index in [2.05, 4.69) is 12.1 Å². The molecule has 2 aromatic rings. The van der Waals surface area contributed by atoms with Crippen molar-refractivity contribution in [3.63, 3.8) is 0 Å². The number of carbonyl (C=O) groups excluding carboxylic acids is 2. The second-order valence-corrected chi connectivity index (χ2v) is 8.26. The fraction of sp³-hybridized carbons (Fsp3) is 0.357. The van der Waals surface area contributed by atoms with Gasteiger partial charge in [0.1, 0.15) is 11.5 Å². The molecule has 3 rings (SSSR count). The Morgan fingerprint density at radius 2 is 1.43 bits per heavy atom. The van der Waals surface area contributed by atoms with E-state index >= 15 is 0 Å². The van der Waals surface area contributed by atoms with E-state index in [1.54, 1.807) is 32.4 Å². The minimum Gasteiger partial charge on any atom is -0.497 e. The molecule has 0 saturated carbocycles. The van der Waals surface area contributed by atoms with Crippen LogP contribution >= 0.6 is 0 Å². The molecule has 0 N–H and O–H groups in total. The maximum atomic E-state index is 13.1. The molecule has 0 aromatic heterocycles. The molecule has 1 heterocycles. The summed E-state index contributed by atoms with van der Waals surface area (Å²) in [6.07, 6.45) is 1.70. The van der Waals surface area contributed by atoms with E-state index in [0.29, 0.717) is 34.8 Å². The molecule has 7 nitrogen and oxygen atoms in total. The van der Waals surface area contributed by atoms with E-state index in [0.717, 1.165) is 24.2 Å². The van der Waals surface area contributed by atoms with Gasteiger partial charge in [0.25, 0.3) is 0 Å². The van der Waals surface area contributed by atoms with Crippen LogP contribution in [0.4, 0.5) is 0 Å². The number of nitrogens with zero attached hydrogens (tertiary/aromatic N) is 1. The van der Waals surface area contributed by atoms with Crippen molar-refractivity contribution in [1.29, 1.82) is 0 Å². The van der Waals surface area contributed by atoms with E-state index in [1.165, 1.54) is 19.8 Å². The van der Waals surface area contributed by atoms with Crippen molar-refractivity contribution in [1.82, 2.24) is 4.90 Å². The molecular weight excluding hydrogens is 446 g/mol. The average Bonchev–Trinajstić information content (AvgIpc) is 2.89. The second kappa shape index (κ2) is 11.6. The molecule has 186 valence electrons. The van der Waals surface area contributed by atoms with Gasteiger partial charge in [-0.1, -0.05) is 36.4 Å². The molecule has 0 spiro atoms. The number of hydrogen-bond donors (Lipinski definition) is 0. The highest BCUT2D eigenvalue weighted by molar-refractivity contribution is 6.00. The highest BCUT2D eigenvalue weighted by atomic mass is 16.5. The van der Waals surface area contributed by atoms with Gasteiger partial charge in [0.05, 0.1) is 45.5 Å². The molecule has 7 heteroatoms. The van der Waals surface area contributed by atoms with Crippen molar-refractivity contribution in [3.05, 3.63) is 82.2 Å². The molecule has 0 atom stereocenters. The highest BCUT2D eigenvalue weighted by Crippen LogP contribution is 2.46. The summed E-state index contributed by atoms with van der Waals surface area (Å²) in [6, 6.07) is 15.5. The Bertz CT molecular complexity index is 1100. The van der Waals surface area contributed by atoms with Crippen LogP contribution < -0.4 is 9.47 Å². The van der Waals surface area contributed by atoms with Crippen molar-refractivity contribution in [2.75, 3.05) is 35.0 Å². The lowest BCUT2D eigenvalue weighted by Crippen LogP contribution is -2.35. The van der Waals surface area contributed by atoms with Crippen molar-refractivity contribution in [2.24, 2.45) is 0 Å². The Morgan fingerprint density at radius 1 is 0.829 bits per heavy atom. The van der Waals surface area contributed by atoms with Gasteiger partial charge in [0.2, 0.25) is 0 Å². The Hall–Kier alpha value is -3.74. The molecule has 0 aliphatic carbocycles. The molecule has 0 radical (unpaired) electrons. The first-order chi connectivity index (χ1) is 16.9. The zero-order valence-corrected chi connectivity index (χ0v) is 21.2. The molecular formula is C28H33NO6. The van der Waals surface area contributed by atoms with E-state index in [9.17, 15) is 9.59 Å². The number of allylic oxidation sites excluding steroid dienone is 2. The van der Waals surface area contributed by atoms with Gasteiger partial charge in [0.15, 0.2) is 0 Å². The topological polar surface area (TPSA) is 74.3 Å². The van der Waals surface area contributed by atoms with Crippen LogP contribution in [0.5, 0.6) is 11.5 Å². The van der Waals surface area contributed by atoms with E-state index in [-0.39, 0.29) is 0 Å². The largest absolute Gasteiger partial charge is 0.497 e. The molecule has 35 heavy (non-hydrogen) atoms. The van der Waals surface area contributed by atoms with Crippen LogP contribution in [-0.2, 0) is 25.5 Å². The maximum absolute atomic E-state index is 13.1. The summed E-state index contributed by atoms with van der Waals surface area (Å²) in [7, 11) is 5.79. The highest BCUT2D eigenvalue weighted by Gasteiger charge is 2.41.